The fraction of sp³-hybridized carbons (Fsp3) is 0.885. The quantitative estimate of drug-likeness (QED) is 0.423. The predicted octanol–water partition coefficient (Wildman–Crippen LogP) is 6.15. The third-order valence-corrected chi connectivity index (χ3v) is 10.2. The van der Waals surface area contributed by atoms with Crippen molar-refractivity contribution in [3.8, 4) is 0 Å². The number of hydrogen-bond acceptors (Lipinski definition) is 3. The number of allylic oxidation sites excluding steroid dienone is 1. The largest absolute Gasteiger partial charge is 0.465 e. The standard InChI is InChI=1S/C26H40F2O3/c1-16(14-26(27,28)22(29)31-5)19-8-9-20-18-7-6-17-15-23(2,30)12-13-24(17,3)21(18)10-11-25(19,20)4/h6,16,18-21,30H,7-15H2,1-5H3/t16-,18+,19-,20+,21+,23+,24?,25-/m1/s1. The Morgan fingerprint density at radius 1 is 1.19 bits per heavy atom. The molecule has 8 atom stereocenters. The molecule has 0 aromatic carbocycles. The summed E-state index contributed by atoms with van der Waals surface area (Å²) in [6.45, 7) is 8.63. The molecule has 3 nitrogen and oxygen atoms in total. The molecular weight excluding hydrogens is 398 g/mol. The number of carbonyl (C=O) groups is 1. The molecule has 0 aliphatic heterocycles. The van der Waals surface area contributed by atoms with Crippen molar-refractivity contribution in [3.63, 3.8) is 0 Å². The maximum Gasteiger partial charge on any atom is 0.376 e. The first-order valence-corrected chi connectivity index (χ1v) is 12.2. The Kier molecular flexibility index (Phi) is 5.64. The molecule has 0 saturated heterocycles. The molecule has 0 aromatic rings. The molecule has 3 fully saturated rings. The second-order valence-electron chi connectivity index (χ2n) is 12.0. The molecule has 0 amide bonds. The Morgan fingerprint density at radius 3 is 2.58 bits per heavy atom. The van der Waals surface area contributed by atoms with E-state index in [2.05, 4.69) is 24.7 Å². The SMILES string of the molecule is COC(=O)C(F)(F)C[C@@H](C)[C@H]1CC[C@H]2[C@@H]3CC=C4C[C@@](C)(O)CCC4(C)[C@H]3CC[C@]12C. The van der Waals surface area contributed by atoms with Gasteiger partial charge in [-0.25, -0.2) is 4.79 Å². The summed E-state index contributed by atoms with van der Waals surface area (Å²) < 4.78 is 33.0. The van der Waals surface area contributed by atoms with Crippen molar-refractivity contribution >= 4 is 5.97 Å². The zero-order chi connectivity index (χ0) is 22.8. The molecule has 176 valence electrons. The monoisotopic (exact) mass is 438 g/mol. The van der Waals surface area contributed by atoms with E-state index in [-0.39, 0.29) is 22.7 Å². The smallest absolute Gasteiger partial charge is 0.376 e. The van der Waals surface area contributed by atoms with Crippen molar-refractivity contribution in [1.82, 2.24) is 0 Å². The van der Waals surface area contributed by atoms with Crippen LogP contribution >= 0.6 is 0 Å². The second-order valence-corrected chi connectivity index (χ2v) is 12.0. The van der Waals surface area contributed by atoms with Gasteiger partial charge in [0.15, 0.2) is 0 Å². The molecule has 0 aromatic heterocycles. The summed E-state index contributed by atoms with van der Waals surface area (Å²) in [5.74, 6) is -3.01. The lowest BCUT2D eigenvalue weighted by Crippen LogP contribution is -2.52. The van der Waals surface area contributed by atoms with Gasteiger partial charge in [-0.05, 0) is 98.7 Å². The number of ether oxygens (including phenoxy) is 1. The van der Waals surface area contributed by atoms with Crippen LogP contribution in [0, 0.1) is 40.4 Å². The van der Waals surface area contributed by atoms with Crippen LogP contribution in [0.2, 0.25) is 0 Å². The number of esters is 1. The van der Waals surface area contributed by atoms with Crippen molar-refractivity contribution in [1.29, 1.82) is 0 Å². The highest BCUT2D eigenvalue weighted by molar-refractivity contribution is 5.77. The van der Waals surface area contributed by atoms with Crippen LogP contribution in [0.5, 0.6) is 0 Å². The number of methoxy groups -OCH3 is 1. The van der Waals surface area contributed by atoms with Crippen molar-refractivity contribution in [2.24, 2.45) is 40.4 Å². The van der Waals surface area contributed by atoms with E-state index in [1.807, 2.05) is 13.8 Å². The molecule has 0 heterocycles. The topological polar surface area (TPSA) is 46.5 Å². The predicted molar refractivity (Wildman–Crippen MR) is 117 cm³/mol. The lowest BCUT2D eigenvalue weighted by atomic mass is 9.46. The van der Waals surface area contributed by atoms with E-state index in [1.54, 1.807) is 0 Å². The van der Waals surface area contributed by atoms with Crippen LogP contribution in [0.4, 0.5) is 8.78 Å². The molecule has 1 N–H and O–H groups in total. The number of hydrogen-bond donors (Lipinski definition) is 1. The average Bonchev–Trinajstić information content (AvgIpc) is 3.04. The van der Waals surface area contributed by atoms with Gasteiger partial charge in [0.25, 0.3) is 0 Å². The van der Waals surface area contributed by atoms with Crippen LogP contribution in [0.25, 0.3) is 0 Å². The fourth-order valence-electron chi connectivity index (χ4n) is 8.56. The van der Waals surface area contributed by atoms with Gasteiger partial charge in [-0.15, -0.1) is 0 Å². The number of halogens is 2. The molecule has 4 aliphatic rings. The van der Waals surface area contributed by atoms with Crippen LogP contribution < -0.4 is 0 Å². The molecule has 5 heteroatoms. The highest BCUT2D eigenvalue weighted by Gasteiger charge is 2.60. The van der Waals surface area contributed by atoms with E-state index in [4.69, 9.17) is 0 Å². The van der Waals surface area contributed by atoms with Crippen LogP contribution in [-0.2, 0) is 9.53 Å². The van der Waals surface area contributed by atoms with Gasteiger partial charge in [0.2, 0.25) is 0 Å². The van der Waals surface area contributed by atoms with Crippen molar-refractivity contribution < 1.29 is 23.4 Å². The molecule has 3 saturated carbocycles. The van der Waals surface area contributed by atoms with Gasteiger partial charge in [-0.3, -0.25) is 0 Å². The fourth-order valence-corrected chi connectivity index (χ4v) is 8.56. The number of rotatable bonds is 4. The number of aliphatic hydroxyl groups is 1. The van der Waals surface area contributed by atoms with Gasteiger partial charge in [0.05, 0.1) is 12.7 Å². The Labute approximate surface area is 186 Å². The summed E-state index contributed by atoms with van der Waals surface area (Å²) in [5, 5.41) is 10.6. The minimum absolute atomic E-state index is 0.0641. The van der Waals surface area contributed by atoms with E-state index in [1.165, 1.54) is 5.57 Å². The van der Waals surface area contributed by atoms with E-state index in [0.717, 1.165) is 58.5 Å². The molecule has 0 bridgehead atoms. The minimum Gasteiger partial charge on any atom is -0.465 e. The lowest BCUT2D eigenvalue weighted by molar-refractivity contribution is -0.172. The zero-order valence-electron chi connectivity index (χ0n) is 19.8. The van der Waals surface area contributed by atoms with Gasteiger partial charge in [0.1, 0.15) is 0 Å². The Balaban J connectivity index is 1.54. The average molecular weight is 439 g/mol. The summed E-state index contributed by atoms with van der Waals surface area (Å²) in [6.07, 6.45) is 10.1. The highest BCUT2D eigenvalue weighted by Crippen LogP contribution is 2.67. The zero-order valence-corrected chi connectivity index (χ0v) is 19.8. The van der Waals surface area contributed by atoms with E-state index < -0.39 is 23.9 Å². The molecule has 0 spiro atoms. The van der Waals surface area contributed by atoms with E-state index in [0.29, 0.717) is 17.8 Å². The van der Waals surface area contributed by atoms with Gasteiger partial charge >= 0.3 is 11.9 Å². The van der Waals surface area contributed by atoms with E-state index >= 15 is 0 Å². The van der Waals surface area contributed by atoms with Crippen molar-refractivity contribution in [2.75, 3.05) is 7.11 Å². The Hall–Kier alpha value is -0.970. The van der Waals surface area contributed by atoms with Crippen LogP contribution in [0.15, 0.2) is 11.6 Å². The molecule has 4 rings (SSSR count). The minimum atomic E-state index is -3.41. The highest BCUT2D eigenvalue weighted by atomic mass is 19.3. The maximum absolute atomic E-state index is 14.3. The van der Waals surface area contributed by atoms with Crippen molar-refractivity contribution in [2.45, 2.75) is 97.0 Å². The number of alkyl halides is 2. The Morgan fingerprint density at radius 2 is 1.90 bits per heavy atom. The van der Waals surface area contributed by atoms with Crippen LogP contribution in [-0.4, -0.2) is 29.7 Å². The third kappa shape index (κ3) is 3.67. The summed E-state index contributed by atoms with van der Waals surface area (Å²) in [5.41, 5.74) is 1.11. The molecule has 4 aliphatic carbocycles. The first kappa shape index (κ1) is 23.2. The van der Waals surface area contributed by atoms with Gasteiger partial charge in [-0.1, -0.05) is 32.4 Å². The summed E-state index contributed by atoms with van der Waals surface area (Å²) in [6, 6.07) is 0. The van der Waals surface area contributed by atoms with Gasteiger partial charge < -0.3 is 9.84 Å². The summed E-state index contributed by atoms with van der Waals surface area (Å²) in [7, 11) is 1.03. The lowest BCUT2D eigenvalue weighted by Gasteiger charge is -2.59. The molecule has 0 radical (unpaired) electrons. The first-order chi connectivity index (χ1) is 14.3. The van der Waals surface area contributed by atoms with Crippen LogP contribution in [0.3, 0.4) is 0 Å². The number of fused-ring (bicyclic) bond motifs is 5. The van der Waals surface area contributed by atoms with Gasteiger partial charge in [0, 0.05) is 6.42 Å². The van der Waals surface area contributed by atoms with E-state index in [9.17, 15) is 18.7 Å². The summed E-state index contributed by atoms with van der Waals surface area (Å²) >= 11 is 0. The number of carbonyl (C=O) groups excluding carboxylic acids is 1. The van der Waals surface area contributed by atoms with Gasteiger partial charge in [-0.2, -0.15) is 8.78 Å². The molecule has 1 unspecified atom stereocenters. The second kappa shape index (κ2) is 7.53. The normalized spacial score (nSPS) is 45.7. The molecule has 31 heavy (non-hydrogen) atoms. The Bertz CT molecular complexity index is 760. The van der Waals surface area contributed by atoms with Crippen molar-refractivity contribution in [3.05, 3.63) is 11.6 Å². The summed E-state index contributed by atoms with van der Waals surface area (Å²) in [4.78, 5) is 11.6. The molecular formula is C26H40F2O3. The third-order valence-electron chi connectivity index (χ3n) is 10.2. The van der Waals surface area contributed by atoms with Crippen LogP contribution in [0.1, 0.15) is 85.5 Å². The first-order valence-electron chi connectivity index (χ1n) is 12.2. The maximum atomic E-state index is 14.3.